The number of methoxy groups -OCH3 is 1. The number of benzene rings is 2. The Balaban J connectivity index is 1.91. The molecule has 0 saturated heterocycles. The summed E-state index contributed by atoms with van der Waals surface area (Å²) in [7, 11) is -2.22. The number of halogens is 1. The summed E-state index contributed by atoms with van der Waals surface area (Å²) in [6.07, 6.45) is 0.968. The van der Waals surface area contributed by atoms with Gasteiger partial charge in [-0.05, 0) is 41.8 Å². The number of anilines is 1. The van der Waals surface area contributed by atoms with Crippen LogP contribution in [0.3, 0.4) is 0 Å². The fraction of sp³-hybridized carbons (Fsp3) is 0.316. The van der Waals surface area contributed by atoms with Crippen molar-refractivity contribution in [3.05, 3.63) is 52.0 Å². The van der Waals surface area contributed by atoms with Gasteiger partial charge in [-0.3, -0.25) is 4.79 Å². The van der Waals surface area contributed by atoms with Gasteiger partial charge in [0.05, 0.1) is 12.8 Å². The van der Waals surface area contributed by atoms with E-state index in [1.165, 1.54) is 0 Å². The molecule has 1 N–H and O–H groups in total. The van der Waals surface area contributed by atoms with E-state index >= 15 is 0 Å². The van der Waals surface area contributed by atoms with Crippen LogP contribution in [-0.2, 0) is 27.8 Å². The molecule has 1 aliphatic heterocycles. The summed E-state index contributed by atoms with van der Waals surface area (Å²) < 4.78 is 34.4. The average molecular weight is 453 g/mol. The minimum atomic E-state index is -3.80. The standard InChI is InChI=1S/C19H21BrN2O4S/c1-3-18(23)22-9-8-14-10-15(20)11-17(19(14)22)27(24,25)21-12-13-4-6-16(26-2)7-5-13/h4-7,10-11,21H,3,8-9,12H2,1-2H3. The second kappa shape index (κ2) is 8.00. The minimum Gasteiger partial charge on any atom is -0.497 e. The summed E-state index contributed by atoms with van der Waals surface area (Å²) in [6, 6.07) is 10.6. The van der Waals surface area contributed by atoms with Gasteiger partial charge in [-0.1, -0.05) is 35.0 Å². The number of rotatable bonds is 6. The minimum absolute atomic E-state index is 0.0809. The number of carbonyl (C=O) groups excluding carboxylic acids is 1. The van der Waals surface area contributed by atoms with Crippen LogP contribution in [0.2, 0.25) is 0 Å². The van der Waals surface area contributed by atoms with Crippen molar-refractivity contribution in [3.8, 4) is 5.75 Å². The first-order valence-corrected chi connectivity index (χ1v) is 10.9. The van der Waals surface area contributed by atoms with Crippen LogP contribution in [0.1, 0.15) is 24.5 Å². The first kappa shape index (κ1) is 19.9. The number of carbonyl (C=O) groups is 1. The van der Waals surface area contributed by atoms with E-state index in [9.17, 15) is 13.2 Å². The Morgan fingerprint density at radius 1 is 1.26 bits per heavy atom. The molecule has 2 aromatic carbocycles. The molecule has 0 aliphatic carbocycles. The Labute approximate surface area is 167 Å². The van der Waals surface area contributed by atoms with E-state index in [0.29, 0.717) is 35.3 Å². The SMILES string of the molecule is CCC(=O)N1CCc2cc(Br)cc(S(=O)(=O)NCc3ccc(OC)cc3)c21. The molecule has 0 radical (unpaired) electrons. The van der Waals surface area contributed by atoms with Gasteiger partial charge in [-0.2, -0.15) is 0 Å². The lowest BCUT2D eigenvalue weighted by Crippen LogP contribution is -2.31. The summed E-state index contributed by atoms with van der Waals surface area (Å²) in [5.74, 6) is 0.628. The van der Waals surface area contributed by atoms with Gasteiger partial charge in [-0.15, -0.1) is 0 Å². The van der Waals surface area contributed by atoms with Gasteiger partial charge in [0.15, 0.2) is 0 Å². The fourth-order valence-electron chi connectivity index (χ4n) is 3.11. The monoisotopic (exact) mass is 452 g/mol. The Kier molecular flexibility index (Phi) is 5.88. The number of sulfonamides is 1. The molecule has 144 valence electrons. The molecule has 2 aromatic rings. The van der Waals surface area contributed by atoms with E-state index in [2.05, 4.69) is 20.7 Å². The number of hydrogen-bond donors (Lipinski definition) is 1. The van der Waals surface area contributed by atoms with Crippen molar-refractivity contribution in [2.45, 2.75) is 31.2 Å². The van der Waals surface area contributed by atoms with E-state index in [1.807, 2.05) is 6.07 Å². The first-order chi connectivity index (χ1) is 12.9. The van der Waals surface area contributed by atoms with Crippen LogP contribution >= 0.6 is 15.9 Å². The van der Waals surface area contributed by atoms with Crippen molar-refractivity contribution in [1.82, 2.24) is 4.72 Å². The molecule has 0 saturated carbocycles. The second-order valence-electron chi connectivity index (χ2n) is 6.23. The van der Waals surface area contributed by atoms with Gasteiger partial charge in [0.25, 0.3) is 0 Å². The highest BCUT2D eigenvalue weighted by Crippen LogP contribution is 2.37. The van der Waals surface area contributed by atoms with Gasteiger partial charge < -0.3 is 9.64 Å². The van der Waals surface area contributed by atoms with E-state index < -0.39 is 10.0 Å². The average Bonchev–Trinajstić information content (AvgIpc) is 3.09. The largest absolute Gasteiger partial charge is 0.497 e. The fourth-order valence-corrected chi connectivity index (χ4v) is 5.06. The van der Waals surface area contributed by atoms with Crippen LogP contribution < -0.4 is 14.4 Å². The lowest BCUT2D eigenvalue weighted by Gasteiger charge is -2.20. The zero-order valence-electron chi connectivity index (χ0n) is 15.2. The van der Waals surface area contributed by atoms with Crippen LogP contribution in [0.25, 0.3) is 0 Å². The van der Waals surface area contributed by atoms with Gasteiger partial charge in [0, 0.05) is 24.0 Å². The Morgan fingerprint density at radius 3 is 2.59 bits per heavy atom. The lowest BCUT2D eigenvalue weighted by molar-refractivity contribution is -0.118. The maximum absolute atomic E-state index is 13.0. The van der Waals surface area contributed by atoms with Gasteiger partial charge in [0.1, 0.15) is 10.6 Å². The molecule has 0 bridgehead atoms. The normalized spacial score (nSPS) is 13.5. The van der Waals surface area contributed by atoms with Gasteiger partial charge in [0.2, 0.25) is 15.9 Å². The predicted molar refractivity (Wildman–Crippen MR) is 108 cm³/mol. The highest BCUT2D eigenvalue weighted by Gasteiger charge is 2.31. The van der Waals surface area contributed by atoms with Crippen molar-refractivity contribution in [3.63, 3.8) is 0 Å². The van der Waals surface area contributed by atoms with Crippen LogP contribution in [-0.4, -0.2) is 28.0 Å². The van der Waals surface area contributed by atoms with Crippen molar-refractivity contribution in [2.24, 2.45) is 0 Å². The number of nitrogens with zero attached hydrogens (tertiary/aromatic N) is 1. The van der Waals surface area contributed by atoms with Gasteiger partial charge >= 0.3 is 0 Å². The molecule has 6 nitrogen and oxygen atoms in total. The predicted octanol–water partition coefficient (Wildman–Crippen LogP) is 3.24. The van der Waals surface area contributed by atoms with Crippen LogP contribution in [0.4, 0.5) is 5.69 Å². The summed E-state index contributed by atoms with van der Waals surface area (Å²) in [4.78, 5) is 14.0. The summed E-state index contributed by atoms with van der Waals surface area (Å²) in [5, 5.41) is 0. The van der Waals surface area contributed by atoms with Crippen molar-refractivity contribution in [2.75, 3.05) is 18.6 Å². The molecule has 0 spiro atoms. The third kappa shape index (κ3) is 4.17. The van der Waals surface area contributed by atoms with E-state index in [-0.39, 0.29) is 17.3 Å². The highest BCUT2D eigenvalue weighted by atomic mass is 79.9. The van der Waals surface area contributed by atoms with Gasteiger partial charge in [-0.25, -0.2) is 13.1 Å². The molecule has 1 amide bonds. The Hall–Kier alpha value is -1.90. The van der Waals surface area contributed by atoms with Crippen molar-refractivity contribution >= 4 is 37.5 Å². The molecule has 1 aliphatic rings. The van der Waals surface area contributed by atoms with E-state index in [4.69, 9.17) is 4.74 Å². The highest BCUT2D eigenvalue weighted by molar-refractivity contribution is 9.10. The summed E-state index contributed by atoms with van der Waals surface area (Å²) in [5.41, 5.74) is 2.16. The van der Waals surface area contributed by atoms with Crippen molar-refractivity contribution in [1.29, 1.82) is 0 Å². The van der Waals surface area contributed by atoms with Crippen LogP contribution in [0.15, 0.2) is 45.8 Å². The molecule has 0 unspecified atom stereocenters. The summed E-state index contributed by atoms with van der Waals surface area (Å²) in [6.45, 7) is 2.42. The zero-order valence-corrected chi connectivity index (χ0v) is 17.6. The molecule has 1 heterocycles. The van der Waals surface area contributed by atoms with E-state index in [1.54, 1.807) is 49.3 Å². The maximum atomic E-state index is 13.0. The molecule has 0 aromatic heterocycles. The molecular formula is C19H21BrN2O4S. The number of hydrogen-bond acceptors (Lipinski definition) is 4. The zero-order chi connectivity index (χ0) is 19.6. The van der Waals surface area contributed by atoms with Crippen LogP contribution in [0.5, 0.6) is 5.75 Å². The molecule has 27 heavy (non-hydrogen) atoms. The molecular weight excluding hydrogens is 432 g/mol. The second-order valence-corrected chi connectivity index (χ2v) is 8.88. The van der Waals surface area contributed by atoms with Crippen molar-refractivity contribution < 1.29 is 17.9 Å². The number of fused-ring (bicyclic) bond motifs is 1. The lowest BCUT2D eigenvalue weighted by atomic mass is 10.2. The number of amides is 1. The maximum Gasteiger partial charge on any atom is 0.242 e. The summed E-state index contributed by atoms with van der Waals surface area (Å²) >= 11 is 3.38. The molecule has 8 heteroatoms. The molecule has 0 atom stereocenters. The number of nitrogens with one attached hydrogen (secondary N) is 1. The topological polar surface area (TPSA) is 75.7 Å². The van der Waals surface area contributed by atoms with E-state index in [0.717, 1.165) is 11.1 Å². The first-order valence-electron chi connectivity index (χ1n) is 8.61. The molecule has 0 fully saturated rings. The molecule has 3 rings (SSSR count). The smallest absolute Gasteiger partial charge is 0.242 e. The Bertz CT molecular complexity index is 958. The third-order valence-electron chi connectivity index (χ3n) is 4.51. The third-order valence-corrected chi connectivity index (χ3v) is 6.38. The van der Waals surface area contributed by atoms with Crippen LogP contribution in [0, 0.1) is 0 Å². The quantitative estimate of drug-likeness (QED) is 0.729. The Morgan fingerprint density at radius 2 is 1.96 bits per heavy atom. The number of ether oxygens (including phenoxy) is 1.